The van der Waals surface area contributed by atoms with Gasteiger partial charge >= 0.3 is 12.2 Å². The Morgan fingerprint density at radius 1 is 0.639 bits per heavy atom. The van der Waals surface area contributed by atoms with Crippen LogP contribution in [0.25, 0.3) is 0 Å². The third-order valence-corrected chi connectivity index (χ3v) is 6.22. The van der Waals surface area contributed by atoms with Crippen molar-refractivity contribution in [1.29, 1.82) is 0 Å². The summed E-state index contributed by atoms with van der Waals surface area (Å²) in [5.41, 5.74) is 2.02. The molecule has 0 unspecified atom stereocenters. The van der Waals surface area contributed by atoms with Crippen molar-refractivity contribution >= 4 is 12.2 Å². The second-order valence-corrected chi connectivity index (χ2v) is 9.17. The lowest BCUT2D eigenvalue weighted by molar-refractivity contribution is 0.134. The van der Waals surface area contributed by atoms with Crippen LogP contribution in [-0.2, 0) is 22.7 Å². The molecule has 2 fully saturated rings. The molecule has 196 valence electrons. The summed E-state index contributed by atoms with van der Waals surface area (Å²) in [6.45, 7) is 4.66. The zero-order valence-corrected chi connectivity index (χ0v) is 21.0. The van der Waals surface area contributed by atoms with Gasteiger partial charge in [0, 0.05) is 12.1 Å². The van der Waals surface area contributed by atoms with Crippen LogP contribution >= 0.6 is 0 Å². The predicted octanol–water partition coefficient (Wildman–Crippen LogP) is 4.11. The minimum absolute atomic E-state index is 0.239. The molecule has 2 saturated heterocycles. The van der Waals surface area contributed by atoms with E-state index in [1.54, 1.807) is 0 Å². The summed E-state index contributed by atoms with van der Waals surface area (Å²) < 4.78 is 10.4. The highest BCUT2D eigenvalue weighted by Gasteiger charge is 2.16. The lowest BCUT2D eigenvalue weighted by Gasteiger charge is -2.15. The first-order chi connectivity index (χ1) is 17.7. The van der Waals surface area contributed by atoms with Crippen molar-refractivity contribution in [3.63, 3.8) is 0 Å². The van der Waals surface area contributed by atoms with E-state index in [0.29, 0.717) is 13.2 Å². The van der Waals surface area contributed by atoms with Crippen molar-refractivity contribution in [2.24, 2.45) is 0 Å². The molecule has 36 heavy (non-hydrogen) atoms. The minimum atomic E-state index is -0.314. The van der Waals surface area contributed by atoms with Crippen LogP contribution < -0.4 is 21.3 Å². The summed E-state index contributed by atoms with van der Waals surface area (Å²) in [6.07, 6.45) is 5.56. The molecule has 4 rings (SSSR count). The van der Waals surface area contributed by atoms with Gasteiger partial charge in [-0.1, -0.05) is 60.7 Å². The second kappa shape index (κ2) is 16.5. The Morgan fingerprint density at radius 3 is 1.47 bits per heavy atom. The lowest BCUT2D eigenvalue weighted by Crippen LogP contribution is -2.35. The molecule has 0 spiro atoms. The Labute approximate surface area is 214 Å². The van der Waals surface area contributed by atoms with Gasteiger partial charge in [-0.05, 0) is 75.8 Å². The van der Waals surface area contributed by atoms with E-state index in [2.05, 4.69) is 21.3 Å². The zero-order chi connectivity index (χ0) is 25.3. The number of rotatable bonds is 6. The molecular formula is C28H40N4O4. The van der Waals surface area contributed by atoms with Crippen molar-refractivity contribution in [1.82, 2.24) is 21.3 Å². The summed E-state index contributed by atoms with van der Waals surface area (Å²) in [6, 6.07) is 19.9. The predicted molar refractivity (Wildman–Crippen MR) is 141 cm³/mol. The average molecular weight is 497 g/mol. The molecule has 2 amide bonds. The Bertz CT molecular complexity index is 792. The Balaban J connectivity index is 0.000000201. The van der Waals surface area contributed by atoms with Gasteiger partial charge in [0.25, 0.3) is 0 Å². The van der Waals surface area contributed by atoms with E-state index in [-0.39, 0.29) is 24.3 Å². The SMILES string of the molecule is O=C(N[C@@H]1CCCNCC1)OCc1ccccc1.O=C(N[C@H]1CCCNCC1)OCc1ccccc1. The average Bonchev–Trinajstić information content (AvgIpc) is 3.33. The van der Waals surface area contributed by atoms with Gasteiger partial charge in [0.15, 0.2) is 0 Å². The topological polar surface area (TPSA) is 101 Å². The summed E-state index contributed by atoms with van der Waals surface area (Å²) in [5.74, 6) is 0. The van der Waals surface area contributed by atoms with Gasteiger partial charge in [-0.2, -0.15) is 0 Å². The molecule has 2 aromatic carbocycles. The first-order valence-corrected chi connectivity index (χ1v) is 13.0. The van der Waals surface area contributed by atoms with Gasteiger partial charge in [0.05, 0.1) is 0 Å². The van der Waals surface area contributed by atoms with Crippen LogP contribution in [0.1, 0.15) is 49.7 Å². The van der Waals surface area contributed by atoms with E-state index < -0.39 is 0 Å². The van der Waals surface area contributed by atoms with Gasteiger partial charge in [0.2, 0.25) is 0 Å². The fraction of sp³-hybridized carbons (Fsp3) is 0.500. The van der Waals surface area contributed by atoms with Crippen LogP contribution in [0, 0.1) is 0 Å². The highest BCUT2D eigenvalue weighted by molar-refractivity contribution is 5.68. The van der Waals surface area contributed by atoms with Crippen molar-refractivity contribution in [2.45, 2.75) is 63.8 Å². The molecule has 2 aliphatic heterocycles. The first kappa shape index (κ1) is 27.5. The van der Waals surface area contributed by atoms with Crippen molar-refractivity contribution in [2.75, 3.05) is 26.2 Å². The molecule has 2 atom stereocenters. The molecule has 4 N–H and O–H groups in total. The fourth-order valence-electron chi connectivity index (χ4n) is 4.19. The number of amides is 2. The van der Waals surface area contributed by atoms with Gasteiger partial charge in [-0.15, -0.1) is 0 Å². The first-order valence-electron chi connectivity index (χ1n) is 13.0. The zero-order valence-electron chi connectivity index (χ0n) is 21.0. The fourth-order valence-corrected chi connectivity index (χ4v) is 4.19. The molecule has 8 heteroatoms. The Morgan fingerprint density at radius 2 is 1.06 bits per heavy atom. The van der Waals surface area contributed by atoms with Crippen LogP contribution in [0.4, 0.5) is 9.59 Å². The monoisotopic (exact) mass is 496 g/mol. The molecule has 8 nitrogen and oxygen atoms in total. The van der Waals surface area contributed by atoms with E-state index in [9.17, 15) is 9.59 Å². The molecule has 2 heterocycles. The molecule has 2 aliphatic rings. The maximum absolute atomic E-state index is 11.6. The molecular weight excluding hydrogens is 456 g/mol. The van der Waals surface area contributed by atoms with Crippen molar-refractivity contribution in [3.05, 3.63) is 71.8 Å². The van der Waals surface area contributed by atoms with Gasteiger partial charge < -0.3 is 30.7 Å². The normalized spacial score (nSPS) is 19.9. The van der Waals surface area contributed by atoms with E-state index in [4.69, 9.17) is 9.47 Å². The summed E-state index contributed by atoms with van der Waals surface area (Å²) in [7, 11) is 0. The quantitative estimate of drug-likeness (QED) is 0.480. The lowest BCUT2D eigenvalue weighted by atomic mass is 10.1. The molecule has 0 aromatic heterocycles. The van der Waals surface area contributed by atoms with Crippen LogP contribution in [-0.4, -0.2) is 50.4 Å². The van der Waals surface area contributed by atoms with Crippen molar-refractivity contribution in [3.8, 4) is 0 Å². The molecule has 0 radical (unpaired) electrons. The maximum Gasteiger partial charge on any atom is 0.407 e. The van der Waals surface area contributed by atoms with Gasteiger partial charge in [-0.25, -0.2) is 9.59 Å². The van der Waals surface area contributed by atoms with E-state index in [0.717, 1.165) is 75.8 Å². The standard InChI is InChI=1S/2C14H20N2O2/c2*17-14(16-13-7-4-9-15-10-8-13)18-11-12-5-2-1-3-6-12/h2*1-3,5-6,13,15H,4,7-11H2,(H,16,17)/t2*13-/m10/s1. The van der Waals surface area contributed by atoms with Crippen LogP contribution in [0.3, 0.4) is 0 Å². The Hall–Kier alpha value is -3.10. The summed E-state index contributed by atoms with van der Waals surface area (Å²) >= 11 is 0. The third-order valence-electron chi connectivity index (χ3n) is 6.22. The highest BCUT2D eigenvalue weighted by atomic mass is 16.6. The molecule has 2 aromatic rings. The summed E-state index contributed by atoms with van der Waals surface area (Å²) in [4.78, 5) is 23.3. The molecule has 0 aliphatic carbocycles. The largest absolute Gasteiger partial charge is 0.445 e. The number of hydrogen-bond acceptors (Lipinski definition) is 6. The Kier molecular flexibility index (Phi) is 12.6. The molecule has 0 saturated carbocycles. The highest BCUT2D eigenvalue weighted by Crippen LogP contribution is 2.07. The second-order valence-electron chi connectivity index (χ2n) is 9.17. The number of nitrogens with one attached hydrogen (secondary N) is 4. The maximum atomic E-state index is 11.6. The number of ether oxygens (including phenoxy) is 2. The summed E-state index contributed by atoms with van der Waals surface area (Å²) in [5, 5.41) is 12.5. The molecule has 0 bridgehead atoms. The third kappa shape index (κ3) is 11.6. The van der Waals surface area contributed by atoms with Crippen molar-refractivity contribution < 1.29 is 19.1 Å². The number of carbonyl (C=O) groups excluding carboxylic acids is 2. The number of benzene rings is 2. The number of carbonyl (C=O) groups is 2. The van der Waals surface area contributed by atoms with E-state index in [1.165, 1.54) is 0 Å². The van der Waals surface area contributed by atoms with Gasteiger partial charge in [-0.3, -0.25) is 0 Å². The van der Waals surface area contributed by atoms with Crippen LogP contribution in [0.15, 0.2) is 60.7 Å². The van der Waals surface area contributed by atoms with E-state index >= 15 is 0 Å². The minimum Gasteiger partial charge on any atom is -0.445 e. The smallest absolute Gasteiger partial charge is 0.407 e. The van der Waals surface area contributed by atoms with Gasteiger partial charge in [0.1, 0.15) is 13.2 Å². The van der Waals surface area contributed by atoms with E-state index in [1.807, 2.05) is 60.7 Å². The number of alkyl carbamates (subject to hydrolysis) is 2. The van der Waals surface area contributed by atoms with Crippen LogP contribution in [0.2, 0.25) is 0 Å². The number of hydrogen-bond donors (Lipinski definition) is 4. The van der Waals surface area contributed by atoms with Crippen LogP contribution in [0.5, 0.6) is 0 Å².